The molecule has 0 aromatic heterocycles. The van der Waals surface area contributed by atoms with E-state index < -0.39 is 0 Å². The lowest BCUT2D eigenvalue weighted by Crippen LogP contribution is -2.56. The Morgan fingerprint density at radius 1 is 0.872 bits per heavy atom. The first kappa shape index (κ1) is 27.8. The molecule has 6 rings (SSSR count). The molecule has 1 aromatic rings. The molecule has 39 heavy (non-hydrogen) atoms. The Balaban J connectivity index is 1.17. The quantitative estimate of drug-likeness (QED) is 0.327. The van der Waals surface area contributed by atoms with Gasteiger partial charge in [0.15, 0.2) is 0 Å². The van der Waals surface area contributed by atoms with Gasteiger partial charge in [-0.3, -0.25) is 0 Å². The molecule has 0 unspecified atom stereocenters. The molecule has 2 spiro atoms. The first-order valence-corrected chi connectivity index (χ1v) is 16.8. The van der Waals surface area contributed by atoms with Gasteiger partial charge in [0.1, 0.15) is 6.10 Å². The second kappa shape index (κ2) is 9.62. The molecular formula is C37H56O2. The number of carbonyl (C=O) groups is 1. The summed E-state index contributed by atoms with van der Waals surface area (Å²) in [5.74, 6) is 5.39. The van der Waals surface area contributed by atoms with Crippen molar-refractivity contribution in [1.82, 2.24) is 0 Å². The van der Waals surface area contributed by atoms with Crippen LogP contribution in [-0.2, 0) is 4.74 Å². The van der Waals surface area contributed by atoms with E-state index >= 15 is 0 Å². The van der Waals surface area contributed by atoms with Crippen LogP contribution in [0.2, 0.25) is 0 Å². The van der Waals surface area contributed by atoms with Crippen molar-refractivity contribution < 1.29 is 9.53 Å². The number of hydrogen-bond acceptors (Lipinski definition) is 2. The van der Waals surface area contributed by atoms with Gasteiger partial charge in [-0.25, -0.2) is 4.79 Å². The van der Waals surface area contributed by atoms with Crippen molar-refractivity contribution in [3.05, 3.63) is 35.9 Å². The third kappa shape index (κ3) is 3.95. The van der Waals surface area contributed by atoms with Gasteiger partial charge >= 0.3 is 5.97 Å². The van der Waals surface area contributed by atoms with E-state index in [-0.39, 0.29) is 12.1 Å². The lowest BCUT2D eigenvalue weighted by Gasteiger charge is -2.62. The summed E-state index contributed by atoms with van der Waals surface area (Å²) < 4.78 is 6.20. The van der Waals surface area contributed by atoms with E-state index in [2.05, 4.69) is 48.5 Å². The van der Waals surface area contributed by atoms with Crippen LogP contribution in [0.15, 0.2) is 30.3 Å². The number of carbonyl (C=O) groups excluding carboxylic acids is 1. The monoisotopic (exact) mass is 532 g/mol. The first-order chi connectivity index (χ1) is 18.5. The van der Waals surface area contributed by atoms with E-state index in [0.717, 1.165) is 41.9 Å². The van der Waals surface area contributed by atoms with Crippen molar-refractivity contribution in [2.45, 2.75) is 125 Å². The normalized spacial score (nSPS) is 45.9. The summed E-state index contributed by atoms with van der Waals surface area (Å²) >= 11 is 0. The molecule has 1 aromatic carbocycles. The topological polar surface area (TPSA) is 26.3 Å². The van der Waals surface area contributed by atoms with Crippen molar-refractivity contribution in [2.24, 2.45) is 63.1 Å². The van der Waals surface area contributed by atoms with E-state index in [1.54, 1.807) is 0 Å². The second-order valence-electron chi connectivity index (χ2n) is 16.2. The van der Waals surface area contributed by atoms with Gasteiger partial charge in [0.25, 0.3) is 0 Å². The number of esters is 1. The zero-order valence-corrected chi connectivity index (χ0v) is 26.1. The highest BCUT2D eigenvalue weighted by Gasteiger charge is 2.81. The summed E-state index contributed by atoms with van der Waals surface area (Å²) in [6.07, 6.45) is 15.3. The van der Waals surface area contributed by atoms with Gasteiger partial charge in [-0.2, -0.15) is 0 Å². The lowest BCUT2D eigenvalue weighted by atomic mass is 9.43. The van der Waals surface area contributed by atoms with Crippen LogP contribution in [0.5, 0.6) is 0 Å². The molecule has 0 bridgehead atoms. The van der Waals surface area contributed by atoms with Crippen molar-refractivity contribution in [1.29, 1.82) is 0 Å². The smallest absolute Gasteiger partial charge is 0.338 e. The molecule has 11 atom stereocenters. The predicted octanol–water partition coefficient (Wildman–Crippen LogP) is 9.97. The maximum atomic E-state index is 12.9. The fraction of sp³-hybridized carbons (Fsp3) is 0.811. The van der Waals surface area contributed by atoms with Gasteiger partial charge < -0.3 is 4.74 Å². The molecule has 5 saturated carbocycles. The van der Waals surface area contributed by atoms with E-state index in [1.807, 2.05) is 30.3 Å². The molecule has 216 valence electrons. The predicted molar refractivity (Wildman–Crippen MR) is 160 cm³/mol. The van der Waals surface area contributed by atoms with Gasteiger partial charge in [0.2, 0.25) is 0 Å². The van der Waals surface area contributed by atoms with Crippen LogP contribution in [0, 0.1) is 63.1 Å². The molecule has 0 amide bonds. The Kier molecular flexibility index (Phi) is 6.87. The molecule has 5 aliphatic carbocycles. The Morgan fingerprint density at radius 2 is 1.62 bits per heavy atom. The number of ether oxygens (including phenoxy) is 1. The molecule has 0 saturated heterocycles. The van der Waals surface area contributed by atoms with Crippen LogP contribution in [0.3, 0.4) is 0 Å². The minimum absolute atomic E-state index is 0.0805. The van der Waals surface area contributed by atoms with Crippen molar-refractivity contribution >= 4 is 5.97 Å². The van der Waals surface area contributed by atoms with Gasteiger partial charge in [0.05, 0.1) is 5.56 Å². The largest absolute Gasteiger partial charge is 0.458 e. The van der Waals surface area contributed by atoms with Crippen LogP contribution in [0.25, 0.3) is 0 Å². The Hall–Kier alpha value is -1.31. The average molecular weight is 533 g/mol. The van der Waals surface area contributed by atoms with Crippen LogP contribution < -0.4 is 0 Å². The van der Waals surface area contributed by atoms with Gasteiger partial charge in [-0.05, 0) is 133 Å². The number of fused-ring (bicyclic) bond motifs is 2. The standard InChI is InChI=1S/C37H56O2/c1-24(2)25(3)13-14-26(4)29-17-19-35(7)32-16-15-30-27(5)31(39-33(38)28-11-9-8-10-12-28)18-20-36(30)23-37(32,36)22-21-34(29,35)6/h8-12,24-27,29-32H,13-23H2,1-7H3/t25-,26-,27+,29-,30+,31+,32+,34-,35+,36-,37+/m1/s1. The molecule has 0 N–H and O–H groups in total. The zero-order valence-electron chi connectivity index (χ0n) is 26.1. The van der Waals surface area contributed by atoms with Crippen molar-refractivity contribution in [3.63, 3.8) is 0 Å². The lowest BCUT2D eigenvalue weighted by molar-refractivity contribution is -0.143. The molecule has 0 radical (unpaired) electrons. The Morgan fingerprint density at radius 3 is 2.33 bits per heavy atom. The summed E-state index contributed by atoms with van der Waals surface area (Å²) in [7, 11) is 0. The van der Waals surface area contributed by atoms with Crippen molar-refractivity contribution in [3.8, 4) is 0 Å². The van der Waals surface area contributed by atoms with Crippen LogP contribution >= 0.6 is 0 Å². The third-order valence-corrected chi connectivity index (χ3v) is 14.9. The summed E-state index contributed by atoms with van der Waals surface area (Å²) in [6, 6.07) is 9.61. The minimum atomic E-state index is -0.127. The Labute approximate surface area is 239 Å². The molecular weight excluding hydrogens is 476 g/mol. The average Bonchev–Trinajstić information content (AvgIpc) is 3.51. The highest BCUT2D eigenvalue weighted by molar-refractivity contribution is 5.89. The highest BCUT2D eigenvalue weighted by Crippen LogP contribution is 2.88. The molecule has 0 aliphatic heterocycles. The highest BCUT2D eigenvalue weighted by atomic mass is 16.5. The zero-order chi connectivity index (χ0) is 27.8. The fourth-order valence-electron chi connectivity index (χ4n) is 12.0. The van der Waals surface area contributed by atoms with Gasteiger partial charge in [-0.1, -0.05) is 79.5 Å². The third-order valence-electron chi connectivity index (χ3n) is 14.9. The van der Waals surface area contributed by atoms with E-state index in [1.165, 1.54) is 64.2 Å². The van der Waals surface area contributed by atoms with E-state index in [4.69, 9.17) is 4.74 Å². The summed E-state index contributed by atoms with van der Waals surface area (Å²) in [6.45, 7) is 17.8. The summed E-state index contributed by atoms with van der Waals surface area (Å²) in [4.78, 5) is 12.9. The molecule has 2 heteroatoms. The maximum absolute atomic E-state index is 12.9. The molecule has 5 aliphatic rings. The van der Waals surface area contributed by atoms with Gasteiger partial charge in [0, 0.05) is 0 Å². The number of benzene rings is 1. The first-order valence-electron chi connectivity index (χ1n) is 16.8. The van der Waals surface area contributed by atoms with E-state index in [0.29, 0.717) is 33.1 Å². The molecule has 0 heterocycles. The number of hydrogen-bond donors (Lipinski definition) is 0. The minimum Gasteiger partial charge on any atom is -0.458 e. The summed E-state index contributed by atoms with van der Waals surface area (Å²) in [5, 5.41) is 0. The fourth-order valence-corrected chi connectivity index (χ4v) is 12.0. The van der Waals surface area contributed by atoms with Crippen LogP contribution in [0.4, 0.5) is 0 Å². The molecule has 2 nitrogen and oxygen atoms in total. The summed E-state index contributed by atoms with van der Waals surface area (Å²) in [5.41, 5.74) is 2.82. The van der Waals surface area contributed by atoms with Crippen LogP contribution in [0.1, 0.15) is 129 Å². The van der Waals surface area contributed by atoms with Crippen LogP contribution in [-0.4, -0.2) is 12.1 Å². The SMILES string of the molecule is CC(C)[C@H](C)CC[C@@H](C)[C@H]1CC[C@@]2(C)[C@@H]3CC[C@H]4[C@H](C)[C@@H](OC(=O)c5ccccc5)CC[C@@]45C[C@@]35CC[C@]12C. The second-order valence-corrected chi connectivity index (χ2v) is 16.2. The maximum Gasteiger partial charge on any atom is 0.338 e. The van der Waals surface area contributed by atoms with Gasteiger partial charge in [-0.15, -0.1) is 0 Å². The molecule has 5 fully saturated rings. The van der Waals surface area contributed by atoms with E-state index in [9.17, 15) is 4.79 Å². The number of rotatable bonds is 7. The van der Waals surface area contributed by atoms with Crippen molar-refractivity contribution in [2.75, 3.05) is 0 Å². The Bertz CT molecular complexity index is 1060.